The Bertz CT molecular complexity index is 399. The van der Waals surface area contributed by atoms with Crippen molar-refractivity contribution in [2.24, 2.45) is 11.1 Å². The molecule has 1 saturated carbocycles. The maximum absolute atomic E-state index is 5.84. The van der Waals surface area contributed by atoms with Gasteiger partial charge >= 0.3 is 0 Å². The molecule has 0 spiro atoms. The van der Waals surface area contributed by atoms with Crippen LogP contribution >= 0.6 is 11.3 Å². The first-order valence-corrected chi connectivity index (χ1v) is 7.43. The van der Waals surface area contributed by atoms with Gasteiger partial charge in [-0.1, -0.05) is 6.92 Å². The molecular weight excluding hydrogens is 230 g/mol. The number of nitrogens with zero attached hydrogens (tertiary/aromatic N) is 2. The quantitative estimate of drug-likeness (QED) is 0.892. The van der Waals surface area contributed by atoms with Gasteiger partial charge in [0.25, 0.3) is 0 Å². The largest absolute Gasteiger partial charge is 0.330 e. The van der Waals surface area contributed by atoms with Gasteiger partial charge in [0.05, 0.1) is 10.7 Å². The number of rotatable bonds is 4. The zero-order valence-corrected chi connectivity index (χ0v) is 11.3. The highest BCUT2D eigenvalue weighted by Crippen LogP contribution is 2.41. The van der Waals surface area contributed by atoms with E-state index < -0.39 is 0 Å². The Morgan fingerprint density at radius 1 is 1.59 bits per heavy atom. The summed E-state index contributed by atoms with van der Waals surface area (Å²) in [5.74, 6) is 0.793. The summed E-state index contributed by atoms with van der Waals surface area (Å²) in [4.78, 5) is 7.25. The van der Waals surface area contributed by atoms with E-state index in [1.807, 2.05) is 11.3 Å². The first-order chi connectivity index (χ1) is 8.18. The van der Waals surface area contributed by atoms with Crippen molar-refractivity contribution in [2.45, 2.75) is 38.6 Å². The van der Waals surface area contributed by atoms with Crippen LogP contribution in [-0.4, -0.2) is 29.5 Å². The topological polar surface area (TPSA) is 42.1 Å². The highest BCUT2D eigenvalue weighted by atomic mass is 32.1. The molecule has 0 bridgehead atoms. The second-order valence-electron chi connectivity index (χ2n) is 5.93. The lowest BCUT2D eigenvalue weighted by Gasteiger charge is -2.22. The monoisotopic (exact) mass is 251 g/mol. The standard InChI is InChI=1S/C13H21N3S/c1-13(8-14)4-5-16(9-13)6-11-7-17-12(15-11)10-2-3-10/h7,10H,2-6,8-9,14H2,1H3. The van der Waals surface area contributed by atoms with E-state index in [-0.39, 0.29) is 0 Å². The van der Waals surface area contributed by atoms with Gasteiger partial charge in [0.2, 0.25) is 0 Å². The fraction of sp³-hybridized carbons (Fsp3) is 0.769. The summed E-state index contributed by atoms with van der Waals surface area (Å²) in [6, 6.07) is 0. The van der Waals surface area contributed by atoms with Crippen LogP contribution in [0.2, 0.25) is 0 Å². The molecule has 1 aliphatic carbocycles. The highest BCUT2D eigenvalue weighted by Gasteiger charge is 2.33. The fourth-order valence-electron chi connectivity index (χ4n) is 2.57. The maximum Gasteiger partial charge on any atom is 0.0959 e. The Balaban J connectivity index is 1.59. The van der Waals surface area contributed by atoms with Gasteiger partial charge < -0.3 is 5.73 Å². The molecule has 1 atom stereocenters. The lowest BCUT2D eigenvalue weighted by atomic mass is 9.90. The molecule has 1 unspecified atom stereocenters. The van der Waals surface area contributed by atoms with Crippen LogP contribution in [0.3, 0.4) is 0 Å². The Morgan fingerprint density at radius 3 is 3.06 bits per heavy atom. The third-order valence-corrected chi connectivity index (χ3v) is 5.07. The van der Waals surface area contributed by atoms with Gasteiger partial charge in [-0.15, -0.1) is 11.3 Å². The highest BCUT2D eigenvalue weighted by molar-refractivity contribution is 7.09. The molecule has 2 fully saturated rings. The number of aromatic nitrogens is 1. The van der Waals surface area contributed by atoms with E-state index >= 15 is 0 Å². The first-order valence-electron chi connectivity index (χ1n) is 6.55. The number of likely N-dealkylation sites (tertiary alicyclic amines) is 1. The Hall–Kier alpha value is -0.450. The molecule has 2 heterocycles. The van der Waals surface area contributed by atoms with Crippen LogP contribution in [-0.2, 0) is 6.54 Å². The van der Waals surface area contributed by atoms with Crippen molar-refractivity contribution in [3.63, 3.8) is 0 Å². The molecule has 2 N–H and O–H groups in total. The van der Waals surface area contributed by atoms with Gasteiger partial charge in [-0.2, -0.15) is 0 Å². The van der Waals surface area contributed by atoms with Gasteiger partial charge in [-0.3, -0.25) is 4.90 Å². The molecular formula is C13H21N3S. The van der Waals surface area contributed by atoms with Crippen molar-refractivity contribution in [2.75, 3.05) is 19.6 Å². The Morgan fingerprint density at radius 2 is 2.41 bits per heavy atom. The molecule has 3 rings (SSSR count). The summed E-state index contributed by atoms with van der Waals surface area (Å²) in [6.07, 6.45) is 3.92. The average Bonchev–Trinajstić information content (AvgIpc) is 2.97. The van der Waals surface area contributed by atoms with E-state index in [2.05, 4.69) is 17.2 Å². The van der Waals surface area contributed by atoms with Crippen LogP contribution in [0.15, 0.2) is 5.38 Å². The number of nitrogens with two attached hydrogens (primary N) is 1. The second-order valence-corrected chi connectivity index (χ2v) is 6.82. The maximum atomic E-state index is 5.84. The van der Waals surface area contributed by atoms with Gasteiger partial charge in [0.1, 0.15) is 0 Å². The van der Waals surface area contributed by atoms with Gasteiger partial charge in [-0.05, 0) is 37.8 Å². The van der Waals surface area contributed by atoms with E-state index in [1.54, 1.807) is 0 Å². The zero-order valence-electron chi connectivity index (χ0n) is 10.5. The van der Waals surface area contributed by atoms with Crippen molar-refractivity contribution in [1.29, 1.82) is 0 Å². The van der Waals surface area contributed by atoms with Crippen LogP contribution < -0.4 is 5.73 Å². The van der Waals surface area contributed by atoms with Gasteiger partial charge in [-0.25, -0.2) is 4.98 Å². The number of hydrogen-bond donors (Lipinski definition) is 1. The molecule has 17 heavy (non-hydrogen) atoms. The smallest absolute Gasteiger partial charge is 0.0959 e. The van der Waals surface area contributed by atoms with E-state index in [9.17, 15) is 0 Å². The molecule has 2 aliphatic rings. The average molecular weight is 251 g/mol. The van der Waals surface area contributed by atoms with Crippen LogP contribution in [0.25, 0.3) is 0 Å². The van der Waals surface area contributed by atoms with Gasteiger partial charge in [0.15, 0.2) is 0 Å². The molecule has 0 amide bonds. The third-order valence-electron chi connectivity index (χ3n) is 4.01. The second kappa shape index (κ2) is 4.34. The zero-order chi connectivity index (χ0) is 11.9. The van der Waals surface area contributed by atoms with Crippen LogP contribution in [0.1, 0.15) is 42.8 Å². The summed E-state index contributed by atoms with van der Waals surface area (Å²) >= 11 is 1.85. The van der Waals surface area contributed by atoms with Crippen molar-refractivity contribution < 1.29 is 0 Å². The fourth-order valence-corrected chi connectivity index (χ4v) is 3.55. The van der Waals surface area contributed by atoms with Crippen LogP contribution in [0, 0.1) is 5.41 Å². The molecule has 0 aromatic carbocycles. The van der Waals surface area contributed by atoms with Crippen molar-refractivity contribution in [3.8, 4) is 0 Å². The van der Waals surface area contributed by atoms with Crippen molar-refractivity contribution in [3.05, 3.63) is 16.1 Å². The van der Waals surface area contributed by atoms with Crippen LogP contribution in [0.4, 0.5) is 0 Å². The minimum atomic E-state index is 0.329. The summed E-state index contributed by atoms with van der Waals surface area (Å²) in [5, 5.41) is 3.60. The summed E-state index contributed by atoms with van der Waals surface area (Å²) < 4.78 is 0. The van der Waals surface area contributed by atoms with E-state index in [1.165, 1.54) is 36.5 Å². The molecule has 3 nitrogen and oxygen atoms in total. The third kappa shape index (κ3) is 2.54. The predicted molar refractivity (Wildman–Crippen MR) is 71.1 cm³/mol. The lowest BCUT2D eigenvalue weighted by molar-refractivity contribution is 0.272. The van der Waals surface area contributed by atoms with E-state index in [0.29, 0.717) is 5.41 Å². The summed E-state index contributed by atoms with van der Waals surface area (Å²) in [7, 11) is 0. The lowest BCUT2D eigenvalue weighted by Crippen LogP contribution is -2.31. The predicted octanol–water partition coefficient (Wildman–Crippen LogP) is 2.19. The Kier molecular flexibility index (Phi) is 2.97. The molecule has 1 saturated heterocycles. The minimum absolute atomic E-state index is 0.329. The van der Waals surface area contributed by atoms with Gasteiger partial charge in [0, 0.05) is 24.4 Å². The molecule has 94 valence electrons. The van der Waals surface area contributed by atoms with Crippen molar-refractivity contribution >= 4 is 11.3 Å². The molecule has 4 heteroatoms. The van der Waals surface area contributed by atoms with Crippen LogP contribution in [0.5, 0.6) is 0 Å². The number of hydrogen-bond acceptors (Lipinski definition) is 4. The van der Waals surface area contributed by atoms with E-state index in [4.69, 9.17) is 10.7 Å². The minimum Gasteiger partial charge on any atom is -0.330 e. The molecule has 1 aromatic rings. The summed E-state index contributed by atoms with van der Waals surface area (Å²) in [6.45, 7) is 6.40. The van der Waals surface area contributed by atoms with Crippen molar-refractivity contribution in [1.82, 2.24) is 9.88 Å². The summed E-state index contributed by atoms with van der Waals surface area (Å²) in [5.41, 5.74) is 7.43. The first kappa shape index (κ1) is 11.6. The SMILES string of the molecule is CC1(CN)CCN(Cc2csc(C3CC3)n2)C1. The number of thiazole rings is 1. The molecule has 1 aromatic heterocycles. The Labute approximate surface area is 107 Å². The van der Waals surface area contributed by atoms with E-state index in [0.717, 1.165) is 25.6 Å². The molecule has 1 aliphatic heterocycles. The normalized spacial score (nSPS) is 30.0. The molecule has 0 radical (unpaired) electrons.